The first-order chi connectivity index (χ1) is 14.1. The molecule has 0 spiro atoms. The average Bonchev–Trinajstić information content (AvgIpc) is 2.68. The quantitative estimate of drug-likeness (QED) is 0.762. The van der Waals surface area contributed by atoms with Gasteiger partial charge >= 0.3 is 0 Å². The van der Waals surface area contributed by atoms with Gasteiger partial charge < -0.3 is 10.0 Å². The molecule has 0 unspecified atom stereocenters. The molecule has 0 radical (unpaired) electrons. The Morgan fingerprint density at radius 2 is 1.57 bits per heavy atom. The molecule has 1 aliphatic rings. The van der Waals surface area contributed by atoms with Crippen molar-refractivity contribution in [3.05, 3.63) is 58.1 Å². The molecule has 1 aliphatic heterocycles. The summed E-state index contributed by atoms with van der Waals surface area (Å²) in [6.07, 6.45) is 1.18. The Labute approximate surface area is 179 Å². The zero-order valence-electron chi connectivity index (χ0n) is 18.0. The normalized spacial score (nSPS) is 15.3. The summed E-state index contributed by atoms with van der Waals surface area (Å²) in [4.78, 5) is 14.5. The second kappa shape index (κ2) is 8.78. The Bertz CT molecular complexity index is 1010. The van der Waals surface area contributed by atoms with E-state index in [-0.39, 0.29) is 18.4 Å². The van der Waals surface area contributed by atoms with Crippen LogP contribution in [0.25, 0.3) is 0 Å². The Hall–Kier alpha value is -2.38. The monoisotopic (exact) mass is 430 g/mol. The highest BCUT2D eigenvalue weighted by Gasteiger charge is 2.23. The number of hydrogen-bond acceptors (Lipinski definition) is 4. The lowest BCUT2D eigenvalue weighted by atomic mass is 10.0. The summed E-state index contributed by atoms with van der Waals surface area (Å²) in [7, 11) is -3.73. The van der Waals surface area contributed by atoms with Crippen LogP contribution in [0.4, 0.5) is 5.69 Å². The van der Waals surface area contributed by atoms with Crippen molar-refractivity contribution in [2.24, 2.45) is 0 Å². The Kier molecular flexibility index (Phi) is 6.53. The van der Waals surface area contributed by atoms with Gasteiger partial charge in [0.15, 0.2) is 0 Å². The molecule has 1 amide bonds. The highest BCUT2D eigenvalue weighted by molar-refractivity contribution is 7.92. The molecule has 162 valence electrons. The first kappa shape index (κ1) is 22.3. The van der Waals surface area contributed by atoms with E-state index < -0.39 is 10.0 Å². The van der Waals surface area contributed by atoms with E-state index in [0.717, 1.165) is 27.8 Å². The van der Waals surface area contributed by atoms with Gasteiger partial charge in [-0.25, -0.2) is 8.42 Å². The summed E-state index contributed by atoms with van der Waals surface area (Å²) in [5, 5.41) is 9.57. The fourth-order valence-corrected chi connectivity index (χ4v) is 5.56. The van der Waals surface area contributed by atoms with Crippen LogP contribution in [0.3, 0.4) is 0 Å². The summed E-state index contributed by atoms with van der Waals surface area (Å²) >= 11 is 0. The van der Waals surface area contributed by atoms with Crippen LogP contribution >= 0.6 is 0 Å². The maximum Gasteiger partial charge on any atom is 0.262 e. The lowest BCUT2D eigenvalue weighted by molar-refractivity contribution is -0.132. The number of aryl methyl sites for hydroxylation is 2. The van der Waals surface area contributed by atoms with Crippen molar-refractivity contribution in [2.45, 2.75) is 58.0 Å². The number of aliphatic hydroxyl groups excluding tert-OH is 1. The maximum atomic E-state index is 13.1. The fraction of sp³-hybridized carbons (Fsp3) is 0.435. The van der Waals surface area contributed by atoms with E-state index in [9.17, 15) is 18.3 Å². The van der Waals surface area contributed by atoms with Crippen LogP contribution in [0, 0.1) is 27.7 Å². The van der Waals surface area contributed by atoms with Crippen molar-refractivity contribution in [1.82, 2.24) is 4.90 Å². The first-order valence-corrected chi connectivity index (χ1v) is 11.7. The van der Waals surface area contributed by atoms with E-state index in [2.05, 4.69) is 4.72 Å². The largest absolute Gasteiger partial charge is 0.393 e. The van der Waals surface area contributed by atoms with Gasteiger partial charge in [0.05, 0.1) is 17.4 Å². The summed E-state index contributed by atoms with van der Waals surface area (Å²) in [6, 6.07) is 8.92. The molecular weight excluding hydrogens is 400 g/mol. The molecule has 0 aliphatic carbocycles. The zero-order chi connectivity index (χ0) is 22.1. The van der Waals surface area contributed by atoms with Gasteiger partial charge in [-0.2, -0.15) is 0 Å². The van der Waals surface area contributed by atoms with Gasteiger partial charge in [0, 0.05) is 18.8 Å². The van der Waals surface area contributed by atoms with Crippen molar-refractivity contribution in [3.63, 3.8) is 0 Å². The number of rotatable bonds is 5. The van der Waals surface area contributed by atoms with Gasteiger partial charge in [-0.15, -0.1) is 0 Å². The number of piperidine rings is 1. The molecule has 2 aromatic carbocycles. The van der Waals surface area contributed by atoms with Gasteiger partial charge in [-0.1, -0.05) is 18.2 Å². The van der Waals surface area contributed by atoms with Crippen LogP contribution < -0.4 is 4.72 Å². The van der Waals surface area contributed by atoms with Crippen molar-refractivity contribution in [1.29, 1.82) is 0 Å². The Morgan fingerprint density at radius 3 is 2.10 bits per heavy atom. The van der Waals surface area contributed by atoms with E-state index in [0.29, 0.717) is 36.5 Å². The minimum absolute atomic E-state index is 0.0247. The molecule has 30 heavy (non-hydrogen) atoms. The predicted molar refractivity (Wildman–Crippen MR) is 118 cm³/mol. The summed E-state index contributed by atoms with van der Waals surface area (Å²) < 4.78 is 28.8. The Balaban J connectivity index is 1.72. The van der Waals surface area contributed by atoms with Crippen molar-refractivity contribution < 1.29 is 18.3 Å². The van der Waals surface area contributed by atoms with Crippen LogP contribution in [0.5, 0.6) is 0 Å². The second-order valence-electron chi connectivity index (χ2n) is 8.18. The molecule has 0 saturated carbocycles. The van der Waals surface area contributed by atoms with Gasteiger partial charge in [-0.3, -0.25) is 9.52 Å². The number of sulfonamides is 1. The van der Waals surface area contributed by atoms with Crippen LogP contribution in [0.15, 0.2) is 35.2 Å². The van der Waals surface area contributed by atoms with E-state index in [1.807, 2.05) is 33.8 Å². The van der Waals surface area contributed by atoms with E-state index in [1.165, 1.54) is 0 Å². The second-order valence-corrected chi connectivity index (χ2v) is 9.80. The Morgan fingerprint density at radius 1 is 1.03 bits per heavy atom. The number of likely N-dealkylation sites (tertiary alicyclic amines) is 1. The van der Waals surface area contributed by atoms with Crippen LogP contribution in [0.2, 0.25) is 0 Å². The molecular formula is C23H30N2O4S. The lowest BCUT2D eigenvalue weighted by Crippen LogP contribution is -2.40. The van der Waals surface area contributed by atoms with E-state index in [4.69, 9.17) is 0 Å². The van der Waals surface area contributed by atoms with Gasteiger partial charge in [0.1, 0.15) is 0 Å². The highest BCUT2D eigenvalue weighted by atomic mass is 32.2. The molecule has 0 bridgehead atoms. The van der Waals surface area contributed by atoms with E-state index >= 15 is 0 Å². The van der Waals surface area contributed by atoms with Crippen LogP contribution in [0.1, 0.15) is 40.7 Å². The minimum Gasteiger partial charge on any atom is -0.393 e. The minimum atomic E-state index is -3.73. The summed E-state index contributed by atoms with van der Waals surface area (Å²) in [5.74, 6) is 0.0247. The SMILES string of the molecule is Cc1cc(C)c(C)c(S(=O)(=O)Nc2ccc(CC(=O)N3CCC(O)CC3)cc2)c1C. The fourth-order valence-electron chi connectivity index (χ4n) is 3.88. The molecule has 2 aromatic rings. The third-order valence-corrected chi connectivity index (χ3v) is 7.60. The molecule has 1 saturated heterocycles. The summed E-state index contributed by atoms with van der Waals surface area (Å²) in [6.45, 7) is 8.62. The number of carbonyl (C=O) groups is 1. The molecule has 0 aromatic heterocycles. The van der Waals surface area contributed by atoms with Gasteiger partial charge in [0.25, 0.3) is 10.0 Å². The third kappa shape index (κ3) is 4.84. The molecule has 3 rings (SSSR count). The number of nitrogens with zero attached hydrogens (tertiary/aromatic N) is 1. The smallest absolute Gasteiger partial charge is 0.262 e. The number of benzene rings is 2. The predicted octanol–water partition coefficient (Wildman–Crippen LogP) is 3.25. The average molecular weight is 431 g/mol. The molecule has 6 nitrogen and oxygen atoms in total. The topological polar surface area (TPSA) is 86.7 Å². The van der Waals surface area contributed by atoms with Gasteiger partial charge in [-0.05, 0) is 80.5 Å². The zero-order valence-corrected chi connectivity index (χ0v) is 18.8. The first-order valence-electron chi connectivity index (χ1n) is 10.2. The van der Waals surface area contributed by atoms with Crippen molar-refractivity contribution >= 4 is 21.6 Å². The number of nitrogens with one attached hydrogen (secondary N) is 1. The number of aliphatic hydroxyl groups is 1. The highest BCUT2D eigenvalue weighted by Crippen LogP contribution is 2.28. The molecule has 2 N–H and O–H groups in total. The third-order valence-electron chi connectivity index (χ3n) is 5.94. The lowest BCUT2D eigenvalue weighted by Gasteiger charge is -2.29. The molecule has 1 fully saturated rings. The number of hydrogen-bond donors (Lipinski definition) is 2. The molecule has 7 heteroatoms. The van der Waals surface area contributed by atoms with Crippen LogP contribution in [-0.4, -0.2) is 43.5 Å². The number of anilines is 1. The molecule has 0 atom stereocenters. The van der Waals surface area contributed by atoms with E-state index in [1.54, 1.807) is 29.2 Å². The number of amides is 1. The molecule has 1 heterocycles. The van der Waals surface area contributed by atoms with Crippen LogP contribution in [-0.2, 0) is 21.2 Å². The van der Waals surface area contributed by atoms with Crippen molar-refractivity contribution in [2.75, 3.05) is 17.8 Å². The number of carbonyl (C=O) groups excluding carboxylic acids is 1. The van der Waals surface area contributed by atoms with Gasteiger partial charge in [0.2, 0.25) is 5.91 Å². The summed E-state index contributed by atoms with van der Waals surface area (Å²) in [5.41, 5.74) is 4.67. The standard InChI is InChI=1S/C23H30N2O4S/c1-15-13-16(2)18(4)23(17(15)3)30(28,29)24-20-7-5-19(6-8-20)14-22(27)25-11-9-21(26)10-12-25/h5-8,13,21,24,26H,9-12,14H2,1-4H3. The van der Waals surface area contributed by atoms with Crippen molar-refractivity contribution in [3.8, 4) is 0 Å². The maximum absolute atomic E-state index is 13.1.